The molecule has 29 heavy (non-hydrogen) atoms. The summed E-state index contributed by atoms with van der Waals surface area (Å²) in [5.41, 5.74) is 0.934. The van der Waals surface area contributed by atoms with Crippen molar-refractivity contribution in [3.05, 3.63) is 52.8 Å². The first kappa shape index (κ1) is 22.3. The molecular formula is C21H21N2NaO4S. The number of benzene rings is 1. The van der Waals surface area contributed by atoms with Crippen molar-refractivity contribution < 1.29 is 49.4 Å². The molecule has 6 nitrogen and oxygen atoms in total. The zero-order chi connectivity index (χ0) is 20.0. The van der Waals surface area contributed by atoms with E-state index in [0.29, 0.717) is 17.1 Å². The number of fused-ring (bicyclic) bond motifs is 2. The third-order valence-corrected chi connectivity index (χ3v) is 6.94. The second kappa shape index (κ2) is 8.78. The largest absolute Gasteiger partial charge is 1.00 e. The molecule has 0 spiro atoms. The number of aliphatic hydroxyl groups is 1. The van der Waals surface area contributed by atoms with E-state index in [1.807, 2.05) is 37.3 Å². The smallest absolute Gasteiger partial charge is 0.543 e. The van der Waals surface area contributed by atoms with Crippen LogP contribution in [0.2, 0.25) is 0 Å². The van der Waals surface area contributed by atoms with E-state index in [1.54, 1.807) is 13.1 Å². The number of amides is 1. The van der Waals surface area contributed by atoms with Crippen molar-refractivity contribution in [2.45, 2.75) is 32.4 Å². The van der Waals surface area contributed by atoms with Crippen LogP contribution in [0.25, 0.3) is 10.8 Å². The molecule has 0 bridgehead atoms. The van der Waals surface area contributed by atoms with Crippen molar-refractivity contribution >= 4 is 34.4 Å². The van der Waals surface area contributed by atoms with Crippen LogP contribution in [0, 0.1) is 11.8 Å². The summed E-state index contributed by atoms with van der Waals surface area (Å²) < 4.78 is 0. The number of hydrogen-bond acceptors (Lipinski definition) is 6. The van der Waals surface area contributed by atoms with Crippen LogP contribution in [0.15, 0.2) is 47.1 Å². The van der Waals surface area contributed by atoms with Crippen molar-refractivity contribution in [2.75, 3.05) is 5.75 Å². The van der Waals surface area contributed by atoms with Gasteiger partial charge in [-0.3, -0.25) is 9.78 Å². The Morgan fingerprint density at radius 1 is 1.34 bits per heavy atom. The van der Waals surface area contributed by atoms with Gasteiger partial charge in [0.25, 0.3) is 0 Å². The van der Waals surface area contributed by atoms with Gasteiger partial charge in [-0.1, -0.05) is 31.2 Å². The molecule has 1 saturated heterocycles. The molecule has 0 saturated carbocycles. The third kappa shape index (κ3) is 3.75. The topological polar surface area (TPSA) is 93.6 Å². The quantitative estimate of drug-likeness (QED) is 0.444. The molecule has 2 aromatic rings. The van der Waals surface area contributed by atoms with Crippen LogP contribution < -0.4 is 34.7 Å². The van der Waals surface area contributed by atoms with Crippen LogP contribution in [0.1, 0.15) is 19.5 Å². The van der Waals surface area contributed by atoms with Gasteiger partial charge < -0.3 is 19.9 Å². The number of carbonyl (C=O) groups excluding carboxylic acids is 2. The van der Waals surface area contributed by atoms with Crippen molar-refractivity contribution in [1.29, 1.82) is 0 Å². The maximum atomic E-state index is 12.4. The van der Waals surface area contributed by atoms with Crippen LogP contribution >= 0.6 is 11.8 Å². The molecule has 1 aromatic carbocycles. The molecule has 8 heteroatoms. The maximum Gasteiger partial charge on any atom is 1.00 e. The van der Waals surface area contributed by atoms with E-state index in [9.17, 15) is 19.8 Å². The average Bonchev–Trinajstić information content (AvgIpc) is 2.90. The van der Waals surface area contributed by atoms with Gasteiger partial charge in [0.1, 0.15) is 0 Å². The molecule has 2 aliphatic rings. The summed E-state index contributed by atoms with van der Waals surface area (Å²) in [6.07, 6.45) is 1.66. The molecule has 3 heterocycles. The van der Waals surface area contributed by atoms with E-state index in [1.165, 1.54) is 16.7 Å². The zero-order valence-electron chi connectivity index (χ0n) is 16.7. The van der Waals surface area contributed by atoms with Crippen LogP contribution in [0.3, 0.4) is 0 Å². The molecule has 0 aliphatic carbocycles. The normalized spacial score (nSPS) is 24.2. The van der Waals surface area contributed by atoms with Gasteiger partial charge >= 0.3 is 29.6 Å². The molecule has 146 valence electrons. The first-order valence-corrected chi connectivity index (χ1v) is 10.3. The van der Waals surface area contributed by atoms with Crippen LogP contribution in [0.5, 0.6) is 0 Å². The van der Waals surface area contributed by atoms with E-state index >= 15 is 0 Å². The molecule has 0 radical (unpaired) electrons. The number of carboxylic acids is 1. The molecule has 4 rings (SSSR count). The van der Waals surface area contributed by atoms with Gasteiger partial charge in [-0.25, -0.2) is 0 Å². The Kier molecular flexibility index (Phi) is 6.75. The van der Waals surface area contributed by atoms with Gasteiger partial charge in [0.15, 0.2) is 0 Å². The Morgan fingerprint density at radius 2 is 2.07 bits per heavy atom. The summed E-state index contributed by atoms with van der Waals surface area (Å²) in [5, 5.41) is 23.8. The summed E-state index contributed by atoms with van der Waals surface area (Å²) in [6.45, 7) is 3.48. The number of pyridine rings is 1. The SMILES string of the molecule is C[C@@H](O)C1C(=O)N2C(C(=O)[O-])=C(SCCc3nccc4ccccc34)[C@H](C)C12.[Na+]. The first-order chi connectivity index (χ1) is 13.4. The molecule has 1 fully saturated rings. The first-order valence-electron chi connectivity index (χ1n) is 9.34. The van der Waals surface area contributed by atoms with Crippen LogP contribution in [-0.4, -0.2) is 44.8 Å². The Morgan fingerprint density at radius 3 is 2.76 bits per heavy atom. The summed E-state index contributed by atoms with van der Waals surface area (Å²) in [4.78, 5) is 30.5. The number of aryl methyl sites for hydroxylation is 1. The number of aromatic nitrogens is 1. The fraction of sp³-hybridized carbons (Fsp3) is 0.381. The number of β-lactam (4-membered cyclic amide) rings is 1. The molecule has 2 unspecified atom stereocenters. The number of carbonyl (C=O) groups is 2. The van der Waals surface area contributed by atoms with Gasteiger partial charge in [0.05, 0.1) is 29.7 Å². The van der Waals surface area contributed by atoms with Gasteiger partial charge in [-0.2, -0.15) is 0 Å². The Labute approximate surface area is 195 Å². The molecule has 2 aliphatic heterocycles. The minimum Gasteiger partial charge on any atom is -0.543 e. The molecule has 1 N–H and O–H groups in total. The second-order valence-corrected chi connectivity index (χ2v) is 8.47. The van der Waals surface area contributed by atoms with Crippen molar-refractivity contribution in [3.63, 3.8) is 0 Å². The van der Waals surface area contributed by atoms with E-state index in [-0.39, 0.29) is 53.1 Å². The maximum absolute atomic E-state index is 12.4. The standard InChI is InChI=1S/C21H22N2O4S.Na/c1-11-17-16(12(2)24)20(25)23(17)18(21(26)27)19(11)28-10-8-15-14-6-4-3-5-13(14)7-9-22-15;/h3-7,9,11-12,16-17,24H,8,10H2,1-2H3,(H,26,27);/q;+1/p-1/t11-,12-,16?,17?;/m1./s1. The number of nitrogens with zero attached hydrogens (tertiary/aromatic N) is 2. The zero-order valence-corrected chi connectivity index (χ0v) is 19.5. The predicted molar refractivity (Wildman–Crippen MR) is 105 cm³/mol. The number of rotatable bonds is 6. The molecular weight excluding hydrogens is 399 g/mol. The van der Waals surface area contributed by atoms with Crippen LogP contribution in [-0.2, 0) is 16.0 Å². The Bertz CT molecular complexity index is 988. The average molecular weight is 420 g/mol. The third-order valence-electron chi connectivity index (χ3n) is 5.65. The number of aliphatic carboxylic acids is 1. The summed E-state index contributed by atoms with van der Waals surface area (Å²) in [7, 11) is 0. The van der Waals surface area contributed by atoms with Crippen molar-refractivity contribution in [3.8, 4) is 0 Å². The second-order valence-electron chi connectivity index (χ2n) is 7.33. The summed E-state index contributed by atoms with van der Waals surface area (Å²) in [6, 6.07) is 9.69. The Hall–Kier alpha value is -1.38. The number of aliphatic hydroxyl groups excluding tert-OH is 1. The minimum absolute atomic E-state index is 0. The van der Waals surface area contributed by atoms with Crippen LogP contribution in [0.4, 0.5) is 0 Å². The van der Waals surface area contributed by atoms with E-state index in [0.717, 1.165) is 16.5 Å². The predicted octanol–water partition coefficient (Wildman–Crippen LogP) is -1.67. The summed E-state index contributed by atoms with van der Waals surface area (Å²) in [5.74, 6) is -1.72. The number of hydrogen-bond donors (Lipinski definition) is 1. The fourth-order valence-electron chi connectivity index (χ4n) is 4.34. The molecule has 1 amide bonds. The van der Waals surface area contributed by atoms with E-state index < -0.39 is 18.0 Å². The monoisotopic (exact) mass is 420 g/mol. The van der Waals surface area contributed by atoms with Gasteiger partial charge in [0, 0.05) is 33.9 Å². The van der Waals surface area contributed by atoms with E-state index in [2.05, 4.69) is 4.98 Å². The van der Waals surface area contributed by atoms with Gasteiger partial charge in [-0.05, 0) is 24.8 Å². The minimum atomic E-state index is -1.34. The van der Waals surface area contributed by atoms with Gasteiger partial charge in [0.2, 0.25) is 5.91 Å². The van der Waals surface area contributed by atoms with Gasteiger partial charge in [-0.15, -0.1) is 11.8 Å². The fourth-order valence-corrected chi connectivity index (χ4v) is 5.58. The Balaban J connectivity index is 0.00000240. The number of carboxylic acid groups (broad SMARTS) is 1. The van der Waals surface area contributed by atoms with Crippen molar-refractivity contribution in [1.82, 2.24) is 9.88 Å². The van der Waals surface area contributed by atoms with E-state index in [4.69, 9.17) is 0 Å². The van der Waals surface area contributed by atoms with Crippen molar-refractivity contribution in [2.24, 2.45) is 11.8 Å². The summed E-state index contributed by atoms with van der Waals surface area (Å²) >= 11 is 1.44. The number of thioether (sulfide) groups is 1. The molecule has 1 aromatic heterocycles. The molecule has 4 atom stereocenters.